The summed E-state index contributed by atoms with van der Waals surface area (Å²) in [6.07, 6.45) is 3.44. The van der Waals surface area contributed by atoms with Crippen LogP contribution in [0.15, 0.2) is 12.4 Å². The van der Waals surface area contributed by atoms with Gasteiger partial charge in [0.15, 0.2) is 0 Å². The smallest absolute Gasteiger partial charge is 0.202 e. The molecule has 0 spiro atoms. The molecule has 2 N–H and O–H groups in total. The average molecular weight is 115 g/mol. The molecule has 0 aromatic carbocycles. The Bertz CT molecular complexity index is 125. The van der Waals surface area contributed by atoms with Gasteiger partial charge < -0.3 is 10.1 Å². The fraction of sp³-hybridized carbons (Fsp3) is 0. The van der Waals surface area contributed by atoms with Crippen molar-refractivity contribution in [1.29, 1.82) is 0 Å². The van der Waals surface area contributed by atoms with E-state index in [0.29, 0.717) is 0 Å². The van der Waals surface area contributed by atoms with Gasteiger partial charge in [-0.1, -0.05) is 0 Å². The second-order valence-corrected chi connectivity index (χ2v) is 1.37. The summed E-state index contributed by atoms with van der Waals surface area (Å²) in [4.78, 5) is 6.69. The molecule has 4 heteroatoms. The van der Waals surface area contributed by atoms with Crippen LogP contribution in [0.4, 0.5) is 5.95 Å². The number of nitrogens with one attached hydrogen (secondary N) is 2. The Balaban J connectivity index is 2.76. The predicted molar refractivity (Wildman–Crippen MR) is 31.9 cm³/mol. The zero-order valence-electron chi connectivity index (χ0n) is 3.68. The Hall–Kier alpha value is -0.560. The molecule has 3 nitrogen and oxygen atoms in total. The van der Waals surface area contributed by atoms with Gasteiger partial charge in [0, 0.05) is 12.4 Å². The third-order valence-electron chi connectivity index (χ3n) is 0.635. The molecule has 1 atom stereocenters. The first-order valence-corrected chi connectivity index (χ1v) is 2.47. The van der Waals surface area contributed by atoms with Crippen molar-refractivity contribution >= 4 is 15.3 Å². The lowest BCUT2D eigenvalue weighted by Crippen LogP contribution is -1.78. The number of H-pyrrole nitrogens is 1. The molecule has 0 aliphatic carbocycles. The lowest BCUT2D eigenvalue weighted by atomic mass is 11.0. The average Bonchev–Trinajstić information content (AvgIpc) is 2.14. The molecule has 0 saturated carbocycles. The number of aromatic amines is 1. The maximum atomic E-state index is 3.85. The van der Waals surface area contributed by atoms with Crippen molar-refractivity contribution in [2.24, 2.45) is 0 Å². The van der Waals surface area contributed by atoms with E-state index in [0.717, 1.165) is 5.95 Å². The van der Waals surface area contributed by atoms with Crippen LogP contribution in [0.1, 0.15) is 0 Å². The fourth-order valence-corrected chi connectivity index (χ4v) is 0.502. The minimum atomic E-state index is 0.769. The van der Waals surface area contributed by atoms with Gasteiger partial charge >= 0.3 is 0 Å². The van der Waals surface area contributed by atoms with Crippen molar-refractivity contribution in [3.63, 3.8) is 0 Å². The van der Waals surface area contributed by atoms with Crippen molar-refractivity contribution in [2.75, 3.05) is 5.09 Å². The Labute approximate surface area is 43.8 Å². The molecule has 7 heavy (non-hydrogen) atoms. The van der Waals surface area contributed by atoms with Crippen molar-refractivity contribution in [2.45, 2.75) is 0 Å². The molecule has 0 amide bonds. The number of hydrogen-bond acceptors (Lipinski definition) is 2. The normalized spacial score (nSPS) is 8.71. The third-order valence-corrected chi connectivity index (χ3v) is 0.908. The van der Waals surface area contributed by atoms with Crippen LogP contribution >= 0.6 is 9.39 Å². The summed E-state index contributed by atoms with van der Waals surface area (Å²) in [5.41, 5.74) is 0. The van der Waals surface area contributed by atoms with Gasteiger partial charge in [0.2, 0.25) is 5.95 Å². The highest BCUT2D eigenvalue weighted by Gasteiger charge is 1.80. The van der Waals surface area contributed by atoms with Gasteiger partial charge in [-0.3, -0.25) is 0 Å². The summed E-state index contributed by atoms with van der Waals surface area (Å²) >= 11 is 0. The second kappa shape index (κ2) is 1.94. The van der Waals surface area contributed by atoms with Crippen molar-refractivity contribution in [1.82, 2.24) is 9.97 Å². The van der Waals surface area contributed by atoms with Crippen molar-refractivity contribution in [3.8, 4) is 0 Å². The van der Waals surface area contributed by atoms with Gasteiger partial charge in [-0.15, -0.1) is 0 Å². The number of hydrogen-bond donors (Lipinski definition) is 2. The van der Waals surface area contributed by atoms with E-state index in [-0.39, 0.29) is 0 Å². The van der Waals surface area contributed by atoms with Crippen LogP contribution in [0.25, 0.3) is 0 Å². The molecule has 0 bridgehead atoms. The van der Waals surface area contributed by atoms with Gasteiger partial charge in [0.1, 0.15) is 0 Å². The number of aromatic nitrogens is 2. The maximum absolute atomic E-state index is 3.85. The Morgan fingerprint density at radius 3 is 3.00 bits per heavy atom. The number of anilines is 1. The van der Waals surface area contributed by atoms with E-state index in [1.165, 1.54) is 0 Å². The van der Waals surface area contributed by atoms with Crippen LogP contribution in [0, 0.1) is 0 Å². The Morgan fingerprint density at radius 2 is 2.71 bits per heavy atom. The number of nitrogens with zero attached hydrogens (tertiary/aromatic N) is 1. The zero-order chi connectivity index (χ0) is 5.11. The lowest BCUT2D eigenvalue weighted by molar-refractivity contribution is 1.33. The molecule has 1 heterocycles. The van der Waals surface area contributed by atoms with Crippen LogP contribution in [0.3, 0.4) is 0 Å². The molecule has 38 valence electrons. The SMILES string of the molecule is PNc1ncc[nH]1. The monoisotopic (exact) mass is 115 g/mol. The number of imidazole rings is 1. The minimum absolute atomic E-state index is 0.769. The third kappa shape index (κ3) is 0.904. The molecular formula is C3H6N3P. The van der Waals surface area contributed by atoms with Crippen molar-refractivity contribution in [3.05, 3.63) is 12.4 Å². The first kappa shape index (κ1) is 4.60. The van der Waals surface area contributed by atoms with Gasteiger partial charge in [0.05, 0.1) is 0 Å². The van der Waals surface area contributed by atoms with E-state index in [1.54, 1.807) is 12.4 Å². The minimum Gasteiger partial charge on any atom is -0.340 e. The summed E-state index contributed by atoms with van der Waals surface area (Å²) in [7, 11) is 2.34. The summed E-state index contributed by atoms with van der Waals surface area (Å²) in [6, 6.07) is 0. The highest BCUT2D eigenvalue weighted by Crippen LogP contribution is 1.95. The predicted octanol–water partition coefficient (Wildman–Crippen LogP) is 0.612. The quantitative estimate of drug-likeness (QED) is 0.526. The summed E-state index contributed by atoms with van der Waals surface area (Å²) in [6.45, 7) is 0. The number of rotatable bonds is 1. The second-order valence-electron chi connectivity index (χ2n) is 1.08. The van der Waals surface area contributed by atoms with E-state index < -0.39 is 0 Å². The molecule has 0 aliphatic heterocycles. The first-order chi connectivity index (χ1) is 3.43. The molecule has 1 rings (SSSR count). The molecule has 0 saturated heterocycles. The molecular weight excluding hydrogens is 109 g/mol. The summed E-state index contributed by atoms with van der Waals surface area (Å²) in [5, 5.41) is 2.76. The van der Waals surface area contributed by atoms with E-state index in [4.69, 9.17) is 0 Å². The van der Waals surface area contributed by atoms with E-state index in [2.05, 4.69) is 24.4 Å². The molecule has 0 fully saturated rings. The van der Waals surface area contributed by atoms with Crippen LogP contribution in [-0.2, 0) is 0 Å². The Kier molecular flexibility index (Phi) is 1.27. The molecule has 1 aromatic rings. The van der Waals surface area contributed by atoms with Crippen LogP contribution < -0.4 is 5.09 Å². The van der Waals surface area contributed by atoms with Crippen molar-refractivity contribution < 1.29 is 0 Å². The summed E-state index contributed by atoms with van der Waals surface area (Å²) < 4.78 is 0. The topological polar surface area (TPSA) is 40.7 Å². The zero-order valence-corrected chi connectivity index (χ0v) is 4.83. The van der Waals surface area contributed by atoms with E-state index in [1.807, 2.05) is 0 Å². The molecule has 1 aromatic heterocycles. The fourth-order valence-electron chi connectivity index (χ4n) is 0.344. The molecule has 0 radical (unpaired) electrons. The van der Waals surface area contributed by atoms with E-state index >= 15 is 0 Å². The lowest BCUT2D eigenvalue weighted by Gasteiger charge is -1.85. The first-order valence-electron chi connectivity index (χ1n) is 1.89. The largest absolute Gasteiger partial charge is 0.340 e. The molecule has 0 aliphatic rings. The highest BCUT2D eigenvalue weighted by molar-refractivity contribution is 7.18. The maximum Gasteiger partial charge on any atom is 0.202 e. The van der Waals surface area contributed by atoms with Gasteiger partial charge in [0.25, 0.3) is 0 Å². The van der Waals surface area contributed by atoms with Crippen LogP contribution in [0.5, 0.6) is 0 Å². The standard InChI is InChI=1S/C3H6N3P/c7-6-3-4-1-2-5-3/h1-2H,7H2,(H2,4,5,6). The van der Waals surface area contributed by atoms with Gasteiger partial charge in [-0.05, 0) is 9.39 Å². The summed E-state index contributed by atoms with van der Waals surface area (Å²) in [5.74, 6) is 0.769. The van der Waals surface area contributed by atoms with Gasteiger partial charge in [-0.25, -0.2) is 4.98 Å². The van der Waals surface area contributed by atoms with Crippen LogP contribution in [0.2, 0.25) is 0 Å². The van der Waals surface area contributed by atoms with E-state index in [9.17, 15) is 0 Å². The highest BCUT2D eigenvalue weighted by atomic mass is 31.0. The Morgan fingerprint density at radius 1 is 1.86 bits per heavy atom. The van der Waals surface area contributed by atoms with Gasteiger partial charge in [-0.2, -0.15) is 0 Å². The molecule has 1 unspecified atom stereocenters. The van der Waals surface area contributed by atoms with Crippen LogP contribution in [-0.4, -0.2) is 9.97 Å².